The number of benzene rings is 1. The summed E-state index contributed by atoms with van der Waals surface area (Å²) in [5.74, 6) is 0.495. The fourth-order valence-corrected chi connectivity index (χ4v) is 7.37. The number of carboxylic acid groups (broad SMARTS) is 1. The number of carbonyl (C=O) groups is 1. The van der Waals surface area contributed by atoms with Gasteiger partial charge in [0, 0.05) is 50.9 Å². The summed E-state index contributed by atoms with van der Waals surface area (Å²) in [7, 11) is 0. The van der Waals surface area contributed by atoms with Crippen LogP contribution in [-0.4, -0.2) is 74.2 Å². The van der Waals surface area contributed by atoms with Crippen LogP contribution >= 0.6 is 0 Å². The van der Waals surface area contributed by atoms with Gasteiger partial charge in [-0.15, -0.1) is 0 Å². The van der Waals surface area contributed by atoms with Crippen LogP contribution in [0.25, 0.3) is 11.2 Å². The molecule has 1 aliphatic carbocycles. The molecule has 1 aromatic carbocycles. The lowest BCUT2D eigenvalue weighted by Gasteiger charge is -2.36. The maximum Gasteiger partial charge on any atom is 0.321 e. The molecular formula is C30H39N5O2. The van der Waals surface area contributed by atoms with E-state index in [1.165, 1.54) is 24.8 Å². The van der Waals surface area contributed by atoms with Gasteiger partial charge in [-0.2, -0.15) is 0 Å². The van der Waals surface area contributed by atoms with Gasteiger partial charge in [0.1, 0.15) is 6.04 Å². The molecule has 2 aromatic heterocycles. The lowest BCUT2D eigenvalue weighted by Crippen LogP contribution is -2.46. The van der Waals surface area contributed by atoms with Crippen LogP contribution in [0.15, 0.2) is 55.0 Å². The second-order valence-corrected chi connectivity index (χ2v) is 11.4. The van der Waals surface area contributed by atoms with E-state index >= 15 is 0 Å². The highest BCUT2D eigenvalue weighted by Gasteiger charge is 2.43. The Balaban J connectivity index is 1.15. The number of likely N-dealkylation sites (tertiary alicyclic amines) is 2. The van der Waals surface area contributed by atoms with E-state index in [0.717, 1.165) is 69.6 Å². The summed E-state index contributed by atoms with van der Waals surface area (Å²) in [4.78, 5) is 26.4. The van der Waals surface area contributed by atoms with Crippen molar-refractivity contribution in [1.29, 1.82) is 0 Å². The monoisotopic (exact) mass is 501 g/mol. The fourth-order valence-electron chi connectivity index (χ4n) is 7.37. The molecule has 6 rings (SSSR count). The third kappa shape index (κ3) is 5.16. The minimum atomic E-state index is -0.623. The molecule has 3 atom stereocenters. The highest BCUT2D eigenvalue weighted by molar-refractivity contribution is 5.74. The highest BCUT2D eigenvalue weighted by Crippen LogP contribution is 2.39. The largest absolute Gasteiger partial charge is 0.480 e. The summed E-state index contributed by atoms with van der Waals surface area (Å²) in [5, 5.41) is 10.3. The number of nitrogens with zero attached hydrogens (tertiary/aromatic N) is 5. The smallest absolute Gasteiger partial charge is 0.321 e. The molecule has 196 valence electrons. The standard InChI is InChI=1S/C30H39N5O2/c36-30(37)28(23-10-5-2-6-11-23)34-19-24(26(20-34)22-8-3-1-4-9-22)18-33-16-13-25(14-17-33)35-21-32-29-27(35)12-7-15-31-29/h1,3-4,7-9,12,15,21,23-26,28H,2,5-6,10-11,13-14,16-20H2,(H,36,37)/t24-,26+,28+/m0/s1. The topological polar surface area (TPSA) is 74.5 Å². The lowest BCUT2D eigenvalue weighted by molar-refractivity contribution is -0.145. The lowest BCUT2D eigenvalue weighted by atomic mass is 9.83. The maximum atomic E-state index is 12.5. The van der Waals surface area contributed by atoms with E-state index in [-0.39, 0.29) is 12.0 Å². The fraction of sp³-hybridized carbons (Fsp3) is 0.567. The summed E-state index contributed by atoms with van der Waals surface area (Å²) in [5.41, 5.74) is 3.31. The molecule has 7 heteroatoms. The molecule has 3 aromatic rings. The maximum absolute atomic E-state index is 12.5. The van der Waals surface area contributed by atoms with E-state index in [2.05, 4.69) is 60.7 Å². The second kappa shape index (κ2) is 10.9. The predicted octanol–water partition coefficient (Wildman–Crippen LogP) is 4.82. The third-order valence-corrected chi connectivity index (χ3v) is 9.23. The summed E-state index contributed by atoms with van der Waals surface area (Å²) < 4.78 is 2.31. The zero-order valence-electron chi connectivity index (χ0n) is 21.7. The molecule has 0 radical (unpaired) electrons. The predicted molar refractivity (Wildman–Crippen MR) is 144 cm³/mol. The minimum absolute atomic E-state index is 0.289. The number of fused-ring (bicyclic) bond motifs is 1. The van der Waals surface area contributed by atoms with E-state index < -0.39 is 5.97 Å². The first-order valence-corrected chi connectivity index (χ1v) is 14.2. The Kier molecular flexibility index (Phi) is 7.25. The number of aromatic nitrogens is 3. The molecule has 0 unspecified atom stereocenters. The van der Waals surface area contributed by atoms with Crippen molar-refractivity contribution in [2.24, 2.45) is 11.8 Å². The van der Waals surface area contributed by atoms with Gasteiger partial charge in [0.25, 0.3) is 0 Å². The molecule has 2 saturated heterocycles. The Morgan fingerprint density at radius 1 is 0.946 bits per heavy atom. The van der Waals surface area contributed by atoms with E-state index in [9.17, 15) is 9.90 Å². The van der Waals surface area contributed by atoms with E-state index in [0.29, 0.717) is 17.9 Å². The average molecular weight is 502 g/mol. The van der Waals surface area contributed by atoms with Gasteiger partial charge in [-0.05, 0) is 55.2 Å². The highest BCUT2D eigenvalue weighted by atomic mass is 16.4. The molecule has 0 spiro atoms. The number of aliphatic carboxylic acids is 1. The Morgan fingerprint density at radius 3 is 2.49 bits per heavy atom. The molecule has 1 saturated carbocycles. The SMILES string of the molecule is O=C(O)[C@@H](C1CCCCC1)N1C[C@H](CN2CCC(n3cnc4ncccc43)CC2)[C@@H](c2ccccc2)C1. The van der Waals surface area contributed by atoms with Crippen LogP contribution < -0.4 is 0 Å². The van der Waals surface area contributed by atoms with Crippen LogP contribution in [0.3, 0.4) is 0 Å². The van der Waals surface area contributed by atoms with Gasteiger partial charge in [-0.1, -0.05) is 49.6 Å². The molecule has 1 N–H and O–H groups in total. The number of hydrogen-bond acceptors (Lipinski definition) is 5. The molecule has 0 amide bonds. The van der Waals surface area contributed by atoms with Gasteiger partial charge in [-0.25, -0.2) is 9.97 Å². The van der Waals surface area contributed by atoms with Gasteiger partial charge in [0.15, 0.2) is 5.65 Å². The van der Waals surface area contributed by atoms with Crippen LogP contribution in [0, 0.1) is 11.8 Å². The van der Waals surface area contributed by atoms with Crippen molar-refractivity contribution < 1.29 is 9.90 Å². The Bertz CT molecular complexity index is 1180. The number of hydrogen-bond donors (Lipinski definition) is 1. The Morgan fingerprint density at radius 2 is 1.73 bits per heavy atom. The third-order valence-electron chi connectivity index (χ3n) is 9.23. The molecular weight excluding hydrogens is 462 g/mol. The van der Waals surface area contributed by atoms with Crippen molar-refractivity contribution in [3.63, 3.8) is 0 Å². The number of rotatable bonds is 7. The Hall–Kier alpha value is -2.77. The number of imidazole rings is 1. The van der Waals surface area contributed by atoms with Gasteiger partial charge in [-0.3, -0.25) is 9.69 Å². The summed E-state index contributed by atoms with van der Waals surface area (Å²) in [6.45, 7) is 4.89. The van der Waals surface area contributed by atoms with Crippen molar-refractivity contribution in [2.75, 3.05) is 32.7 Å². The molecule has 0 bridgehead atoms. The number of carboxylic acids is 1. The van der Waals surface area contributed by atoms with Gasteiger partial charge in [0.05, 0.1) is 11.8 Å². The van der Waals surface area contributed by atoms with Crippen LogP contribution in [0.1, 0.15) is 62.5 Å². The summed E-state index contributed by atoms with van der Waals surface area (Å²) in [6, 6.07) is 15.0. The molecule has 3 aliphatic rings. The van der Waals surface area contributed by atoms with Crippen molar-refractivity contribution in [2.45, 2.75) is 62.9 Å². The van der Waals surface area contributed by atoms with Crippen molar-refractivity contribution in [3.8, 4) is 0 Å². The molecule has 2 aliphatic heterocycles. The first kappa shape index (κ1) is 24.6. The van der Waals surface area contributed by atoms with E-state index in [1.807, 2.05) is 12.4 Å². The van der Waals surface area contributed by atoms with Crippen LogP contribution in [0.4, 0.5) is 0 Å². The van der Waals surface area contributed by atoms with Gasteiger partial charge >= 0.3 is 5.97 Å². The number of piperidine rings is 1. The van der Waals surface area contributed by atoms with Crippen molar-refractivity contribution in [1.82, 2.24) is 24.3 Å². The van der Waals surface area contributed by atoms with Gasteiger partial charge < -0.3 is 14.6 Å². The summed E-state index contributed by atoms with van der Waals surface area (Å²) in [6.07, 6.45) is 11.7. The molecule has 7 nitrogen and oxygen atoms in total. The quantitative estimate of drug-likeness (QED) is 0.501. The summed E-state index contributed by atoms with van der Waals surface area (Å²) >= 11 is 0. The zero-order valence-corrected chi connectivity index (χ0v) is 21.7. The minimum Gasteiger partial charge on any atom is -0.480 e. The second-order valence-electron chi connectivity index (χ2n) is 11.4. The first-order valence-electron chi connectivity index (χ1n) is 14.2. The molecule has 3 fully saturated rings. The van der Waals surface area contributed by atoms with Crippen LogP contribution in [0.2, 0.25) is 0 Å². The van der Waals surface area contributed by atoms with Crippen molar-refractivity contribution >= 4 is 17.1 Å². The van der Waals surface area contributed by atoms with E-state index in [1.54, 1.807) is 6.20 Å². The first-order chi connectivity index (χ1) is 18.2. The Labute approximate surface area is 219 Å². The van der Waals surface area contributed by atoms with Gasteiger partial charge in [0.2, 0.25) is 0 Å². The van der Waals surface area contributed by atoms with E-state index in [4.69, 9.17) is 0 Å². The average Bonchev–Trinajstić information content (AvgIpc) is 3.55. The molecule has 37 heavy (non-hydrogen) atoms. The van der Waals surface area contributed by atoms with Crippen LogP contribution in [0.5, 0.6) is 0 Å². The zero-order chi connectivity index (χ0) is 25.2. The van der Waals surface area contributed by atoms with Crippen molar-refractivity contribution in [3.05, 3.63) is 60.6 Å². The van der Waals surface area contributed by atoms with Crippen LogP contribution in [-0.2, 0) is 4.79 Å². The normalized spacial score (nSPS) is 25.5. The number of pyridine rings is 1. The molecule has 4 heterocycles.